The largest absolute Gasteiger partial charge is 0.493 e. The van der Waals surface area contributed by atoms with Crippen molar-refractivity contribution in [2.45, 2.75) is 19.4 Å². The fraction of sp³-hybridized carbons (Fsp3) is 0.115. The van der Waals surface area contributed by atoms with Gasteiger partial charge in [0, 0.05) is 5.56 Å². The predicted octanol–water partition coefficient (Wildman–Crippen LogP) is 5.56. The first-order valence-corrected chi connectivity index (χ1v) is 10.3. The summed E-state index contributed by atoms with van der Waals surface area (Å²) in [5.41, 5.74) is 3.54. The van der Waals surface area contributed by atoms with E-state index in [1.807, 2.05) is 54.6 Å². The molecule has 0 saturated heterocycles. The quantitative estimate of drug-likeness (QED) is 0.311. The van der Waals surface area contributed by atoms with Gasteiger partial charge in [-0.25, -0.2) is 9.36 Å². The highest BCUT2D eigenvalue weighted by Gasteiger charge is 2.24. The summed E-state index contributed by atoms with van der Waals surface area (Å²) in [4.78, 5) is 24.5. The summed E-state index contributed by atoms with van der Waals surface area (Å²) in [6.07, 6.45) is 2.36. The second-order valence-corrected chi connectivity index (χ2v) is 7.49. The van der Waals surface area contributed by atoms with Crippen LogP contribution in [0.4, 0.5) is 0 Å². The van der Waals surface area contributed by atoms with Crippen molar-refractivity contribution in [3.63, 3.8) is 0 Å². The molecule has 3 aromatic carbocycles. The molecule has 1 N–H and O–H groups in total. The van der Waals surface area contributed by atoms with Gasteiger partial charge in [0.2, 0.25) is 5.88 Å². The van der Waals surface area contributed by atoms with Crippen molar-refractivity contribution in [2.75, 3.05) is 0 Å². The highest BCUT2D eigenvalue weighted by Crippen LogP contribution is 2.33. The van der Waals surface area contributed by atoms with Gasteiger partial charge in [-0.2, -0.15) is 4.91 Å². The smallest absolute Gasteiger partial charge is 0.340 e. The molecule has 0 amide bonds. The first-order valence-electron chi connectivity index (χ1n) is 10.3. The highest BCUT2D eigenvalue weighted by atomic mass is 16.3. The van der Waals surface area contributed by atoms with Crippen molar-refractivity contribution in [3.8, 4) is 28.5 Å². The number of hydrogen-bond acceptors (Lipinski definition) is 4. The van der Waals surface area contributed by atoms with Gasteiger partial charge in [-0.15, -0.1) is 6.58 Å². The number of nitrogens with zero attached hydrogens (tertiary/aromatic N) is 3. The van der Waals surface area contributed by atoms with Gasteiger partial charge >= 0.3 is 5.69 Å². The number of benzene rings is 3. The molecule has 0 aliphatic carbocycles. The molecule has 0 fully saturated rings. The zero-order valence-corrected chi connectivity index (χ0v) is 17.7. The maximum Gasteiger partial charge on any atom is 0.340 e. The van der Waals surface area contributed by atoms with Crippen LogP contribution in [-0.2, 0) is 6.42 Å². The summed E-state index contributed by atoms with van der Waals surface area (Å²) >= 11 is 0. The van der Waals surface area contributed by atoms with Crippen LogP contribution in [0.1, 0.15) is 24.1 Å². The molecule has 160 valence electrons. The van der Waals surface area contributed by atoms with E-state index in [1.54, 1.807) is 37.3 Å². The van der Waals surface area contributed by atoms with Crippen LogP contribution in [0, 0.1) is 4.91 Å². The van der Waals surface area contributed by atoms with Crippen LogP contribution in [0.2, 0.25) is 0 Å². The van der Waals surface area contributed by atoms with Crippen molar-refractivity contribution in [2.24, 2.45) is 5.18 Å². The number of rotatable bonds is 7. The molecule has 1 atom stereocenters. The molecule has 1 unspecified atom stereocenters. The molecule has 6 heteroatoms. The minimum atomic E-state index is -0.496. The number of nitroso groups, excluding NO2 is 1. The van der Waals surface area contributed by atoms with Crippen molar-refractivity contribution < 1.29 is 5.11 Å². The molecule has 0 spiro atoms. The van der Waals surface area contributed by atoms with Crippen molar-refractivity contribution in [1.29, 1.82) is 0 Å². The first kappa shape index (κ1) is 21.1. The minimum absolute atomic E-state index is 0.163. The number of aromatic nitrogens is 2. The number of para-hydroxylation sites is 1. The van der Waals surface area contributed by atoms with E-state index in [-0.39, 0.29) is 5.88 Å². The van der Waals surface area contributed by atoms with E-state index < -0.39 is 11.7 Å². The number of hydrogen-bond donors (Lipinski definition) is 1. The van der Waals surface area contributed by atoms with Crippen LogP contribution in [0.5, 0.6) is 5.88 Å². The Morgan fingerprint density at radius 1 is 0.969 bits per heavy atom. The molecular weight excluding hydrogens is 402 g/mol. The Morgan fingerprint density at radius 2 is 1.62 bits per heavy atom. The van der Waals surface area contributed by atoms with E-state index in [1.165, 1.54) is 9.13 Å². The fourth-order valence-corrected chi connectivity index (χ4v) is 3.82. The third-order valence-corrected chi connectivity index (χ3v) is 5.47. The number of allylic oxidation sites excluding steroid dienone is 1. The lowest BCUT2D eigenvalue weighted by molar-refractivity contribution is 0.443. The minimum Gasteiger partial charge on any atom is -0.493 e. The van der Waals surface area contributed by atoms with Crippen molar-refractivity contribution in [1.82, 2.24) is 9.13 Å². The second kappa shape index (κ2) is 8.89. The maximum absolute atomic E-state index is 13.7. The molecular formula is C26H23N3O3. The van der Waals surface area contributed by atoms with Crippen molar-refractivity contribution in [3.05, 3.63) is 118 Å². The van der Waals surface area contributed by atoms with Gasteiger partial charge < -0.3 is 5.11 Å². The highest BCUT2D eigenvalue weighted by molar-refractivity contribution is 5.69. The van der Waals surface area contributed by atoms with Crippen LogP contribution in [0.15, 0.2) is 101 Å². The lowest BCUT2D eigenvalue weighted by Gasteiger charge is -2.11. The van der Waals surface area contributed by atoms with E-state index in [2.05, 4.69) is 11.8 Å². The normalized spacial score (nSPS) is 11.8. The van der Waals surface area contributed by atoms with Crippen LogP contribution < -0.4 is 5.69 Å². The number of imidazole rings is 1. The van der Waals surface area contributed by atoms with Gasteiger partial charge in [-0.05, 0) is 42.7 Å². The predicted molar refractivity (Wildman–Crippen MR) is 127 cm³/mol. The molecule has 6 nitrogen and oxygen atoms in total. The molecule has 0 aliphatic heterocycles. The van der Waals surface area contributed by atoms with E-state index in [9.17, 15) is 14.8 Å². The molecule has 0 aliphatic rings. The average molecular weight is 425 g/mol. The molecule has 1 heterocycles. The van der Waals surface area contributed by atoms with Crippen molar-refractivity contribution >= 4 is 0 Å². The average Bonchev–Trinajstić information content (AvgIpc) is 3.09. The van der Waals surface area contributed by atoms with Crippen LogP contribution >= 0.6 is 0 Å². The fourth-order valence-electron chi connectivity index (χ4n) is 3.82. The van der Waals surface area contributed by atoms with E-state index in [0.29, 0.717) is 29.1 Å². The molecule has 4 rings (SSSR count). The van der Waals surface area contributed by atoms with Gasteiger partial charge in [0.25, 0.3) is 0 Å². The molecule has 0 bridgehead atoms. The summed E-state index contributed by atoms with van der Waals surface area (Å²) in [7, 11) is 0. The molecule has 4 aromatic rings. The van der Waals surface area contributed by atoms with E-state index in [0.717, 1.165) is 11.1 Å². The lowest BCUT2D eigenvalue weighted by Crippen LogP contribution is -2.23. The van der Waals surface area contributed by atoms with E-state index in [4.69, 9.17) is 0 Å². The zero-order valence-electron chi connectivity index (χ0n) is 17.7. The van der Waals surface area contributed by atoms with Gasteiger partial charge in [-0.1, -0.05) is 71.9 Å². The summed E-state index contributed by atoms with van der Waals surface area (Å²) in [6, 6.07) is 23.3. The van der Waals surface area contributed by atoms with Crippen LogP contribution in [0.25, 0.3) is 22.6 Å². The Bertz CT molecular complexity index is 1320. The second-order valence-electron chi connectivity index (χ2n) is 7.49. The van der Waals surface area contributed by atoms with Crippen LogP contribution in [-0.4, -0.2) is 14.2 Å². The SMILES string of the molecule is C=CCc1ccccc1-n1c(-c2ccccc2)c(O)n(-c2ccc(C(C)N=O)cc2)c1=O. The monoisotopic (exact) mass is 425 g/mol. The number of aromatic hydroxyl groups is 1. The van der Waals surface area contributed by atoms with Gasteiger partial charge in [0.15, 0.2) is 0 Å². The Hall–Kier alpha value is -4.19. The molecule has 0 radical (unpaired) electrons. The van der Waals surface area contributed by atoms with Gasteiger partial charge in [0.05, 0.1) is 11.4 Å². The summed E-state index contributed by atoms with van der Waals surface area (Å²) in [5, 5.41) is 14.3. The maximum atomic E-state index is 13.7. The zero-order chi connectivity index (χ0) is 22.7. The third kappa shape index (κ3) is 3.67. The molecule has 1 aromatic heterocycles. The molecule has 32 heavy (non-hydrogen) atoms. The Morgan fingerprint density at radius 3 is 2.28 bits per heavy atom. The van der Waals surface area contributed by atoms with Crippen LogP contribution in [0.3, 0.4) is 0 Å². The Balaban J connectivity index is 2.00. The third-order valence-electron chi connectivity index (χ3n) is 5.47. The Labute approximate surface area is 185 Å². The van der Waals surface area contributed by atoms with E-state index >= 15 is 0 Å². The topological polar surface area (TPSA) is 76.6 Å². The van der Waals surface area contributed by atoms with Gasteiger partial charge in [0.1, 0.15) is 11.7 Å². The summed E-state index contributed by atoms with van der Waals surface area (Å²) in [6.45, 7) is 5.52. The standard InChI is InChI=1S/C26H23N3O3/c1-3-9-20-10-7-8-13-23(20)29-24(21-11-5-4-6-12-21)25(30)28(26(29)31)22-16-14-19(15-17-22)18(2)27-32/h3-8,10-18,30H,1,9H2,2H3. The lowest BCUT2D eigenvalue weighted by atomic mass is 10.1. The van der Waals surface area contributed by atoms with Gasteiger partial charge in [-0.3, -0.25) is 4.57 Å². The summed E-state index contributed by atoms with van der Waals surface area (Å²) in [5.74, 6) is -0.163. The summed E-state index contributed by atoms with van der Waals surface area (Å²) < 4.78 is 2.81. The Kier molecular flexibility index (Phi) is 5.85. The first-order chi connectivity index (χ1) is 15.6. The molecule has 0 saturated carbocycles.